The second-order valence-corrected chi connectivity index (χ2v) is 7.81. The number of hydrogen-bond acceptors (Lipinski definition) is 3. The molecule has 3 heteroatoms. The van der Waals surface area contributed by atoms with E-state index in [9.17, 15) is 0 Å². The minimum atomic E-state index is 0.533. The Hall–Kier alpha value is -0.120. The van der Waals surface area contributed by atoms with Gasteiger partial charge in [0.25, 0.3) is 0 Å². The molecule has 0 spiro atoms. The molecule has 1 unspecified atom stereocenters. The van der Waals surface area contributed by atoms with Gasteiger partial charge in [-0.1, -0.05) is 32.6 Å². The average molecular weight is 296 g/mol. The molecule has 0 amide bonds. The highest BCUT2D eigenvalue weighted by Crippen LogP contribution is 2.35. The maximum absolute atomic E-state index is 3.66. The van der Waals surface area contributed by atoms with Crippen molar-refractivity contribution in [2.24, 2.45) is 11.3 Å². The number of likely N-dealkylation sites (tertiary alicyclic amines) is 1. The number of hydrogen-bond donors (Lipinski definition) is 1. The number of nitrogens with one attached hydrogen (secondary N) is 1. The molecule has 21 heavy (non-hydrogen) atoms. The van der Waals surface area contributed by atoms with E-state index < -0.39 is 0 Å². The highest BCUT2D eigenvalue weighted by molar-refractivity contribution is 4.87. The summed E-state index contributed by atoms with van der Waals surface area (Å²) in [6, 6.07) is 0. The summed E-state index contributed by atoms with van der Waals surface area (Å²) in [5.74, 6) is 0.891. The monoisotopic (exact) mass is 295 g/mol. The van der Waals surface area contributed by atoms with Crippen molar-refractivity contribution in [2.45, 2.75) is 51.9 Å². The first kappa shape index (κ1) is 17.2. The molecule has 3 nitrogen and oxygen atoms in total. The Morgan fingerprint density at radius 3 is 2.48 bits per heavy atom. The molecule has 2 aliphatic rings. The van der Waals surface area contributed by atoms with Crippen LogP contribution in [0.1, 0.15) is 51.9 Å². The van der Waals surface area contributed by atoms with Gasteiger partial charge >= 0.3 is 0 Å². The van der Waals surface area contributed by atoms with Crippen LogP contribution in [0.3, 0.4) is 0 Å². The molecular formula is C18H37N3. The van der Waals surface area contributed by atoms with E-state index >= 15 is 0 Å². The quantitative estimate of drug-likeness (QED) is 0.729. The van der Waals surface area contributed by atoms with Crippen LogP contribution in [0.25, 0.3) is 0 Å². The van der Waals surface area contributed by atoms with Gasteiger partial charge in [-0.25, -0.2) is 0 Å². The Bertz CT molecular complexity index is 284. The zero-order valence-corrected chi connectivity index (χ0v) is 14.7. The van der Waals surface area contributed by atoms with Gasteiger partial charge in [0, 0.05) is 26.2 Å². The van der Waals surface area contributed by atoms with Crippen molar-refractivity contribution < 1.29 is 0 Å². The molecule has 1 aliphatic carbocycles. The van der Waals surface area contributed by atoms with Gasteiger partial charge in [0.15, 0.2) is 0 Å². The summed E-state index contributed by atoms with van der Waals surface area (Å²) in [5, 5.41) is 3.66. The van der Waals surface area contributed by atoms with E-state index in [1.165, 1.54) is 77.7 Å². The van der Waals surface area contributed by atoms with Crippen LogP contribution in [0.5, 0.6) is 0 Å². The van der Waals surface area contributed by atoms with Gasteiger partial charge in [0.1, 0.15) is 0 Å². The van der Waals surface area contributed by atoms with E-state index in [1.54, 1.807) is 0 Å². The number of nitrogens with zero attached hydrogens (tertiary/aromatic N) is 2. The highest BCUT2D eigenvalue weighted by atomic mass is 15.2. The van der Waals surface area contributed by atoms with Crippen molar-refractivity contribution in [3.05, 3.63) is 0 Å². The third-order valence-electron chi connectivity index (χ3n) is 5.58. The predicted octanol–water partition coefficient (Wildman–Crippen LogP) is 2.82. The van der Waals surface area contributed by atoms with Crippen molar-refractivity contribution in [1.29, 1.82) is 0 Å². The second kappa shape index (κ2) is 8.50. The molecule has 1 heterocycles. The minimum absolute atomic E-state index is 0.533. The lowest BCUT2D eigenvalue weighted by atomic mass is 9.79. The molecule has 1 atom stereocenters. The lowest BCUT2D eigenvalue weighted by Gasteiger charge is -2.37. The summed E-state index contributed by atoms with van der Waals surface area (Å²) in [6.45, 7) is 9.74. The summed E-state index contributed by atoms with van der Waals surface area (Å²) >= 11 is 0. The van der Waals surface area contributed by atoms with Crippen LogP contribution >= 0.6 is 0 Å². The minimum Gasteiger partial charge on any atom is -0.316 e. The lowest BCUT2D eigenvalue weighted by molar-refractivity contribution is 0.134. The third kappa shape index (κ3) is 5.54. The Balaban J connectivity index is 1.87. The first-order valence-electron chi connectivity index (χ1n) is 9.21. The van der Waals surface area contributed by atoms with Crippen LogP contribution in [0.15, 0.2) is 0 Å². The van der Waals surface area contributed by atoms with Gasteiger partial charge in [-0.05, 0) is 57.8 Å². The maximum atomic E-state index is 3.66. The Morgan fingerprint density at radius 1 is 1.19 bits per heavy atom. The molecule has 1 saturated carbocycles. The van der Waals surface area contributed by atoms with Crippen LogP contribution in [-0.2, 0) is 0 Å². The van der Waals surface area contributed by atoms with E-state index in [1.807, 2.05) is 0 Å². The van der Waals surface area contributed by atoms with E-state index in [4.69, 9.17) is 0 Å². The molecule has 2 rings (SSSR count). The first-order chi connectivity index (χ1) is 10.1. The van der Waals surface area contributed by atoms with Crippen molar-refractivity contribution in [3.63, 3.8) is 0 Å². The third-order valence-corrected chi connectivity index (χ3v) is 5.58. The highest BCUT2D eigenvalue weighted by Gasteiger charge is 2.32. The Kier molecular flexibility index (Phi) is 6.97. The first-order valence-corrected chi connectivity index (χ1v) is 9.21. The summed E-state index contributed by atoms with van der Waals surface area (Å²) in [6.07, 6.45) is 10.0. The summed E-state index contributed by atoms with van der Waals surface area (Å²) < 4.78 is 0. The van der Waals surface area contributed by atoms with Gasteiger partial charge in [0.2, 0.25) is 0 Å². The number of rotatable bonds is 7. The summed E-state index contributed by atoms with van der Waals surface area (Å²) in [5.41, 5.74) is 0.533. The van der Waals surface area contributed by atoms with Crippen molar-refractivity contribution in [2.75, 3.05) is 53.4 Å². The van der Waals surface area contributed by atoms with Crippen molar-refractivity contribution >= 4 is 0 Å². The molecule has 124 valence electrons. The topological polar surface area (TPSA) is 18.5 Å². The molecule has 0 radical (unpaired) electrons. The summed E-state index contributed by atoms with van der Waals surface area (Å²) in [7, 11) is 4.62. The fraction of sp³-hybridized carbons (Fsp3) is 1.00. The molecule has 0 aromatic carbocycles. The molecule has 1 aliphatic heterocycles. The van der Waals surface area contributed by atoms with Gasteiger partial charge in [-0.2, -0.15) is 0 Å². The van der Waals surface area contributed by atoms with Gasteiger partial charge in [0.05, 0.1) is 0 Å². The smallest absolute Gasteiger partial charge is 0.00472 e. The van der Waals surface area contributed by atoms with E-state index in [2.05, 4.69) is 36.1 Å². The van der Waals surface area contributed by atoms with E-state index in [0.29, 0.717) is 5.41 Å². The average Bonchev–Trinajstić information content (AvgIpc) is 2.72. The van der Waals surface area contributed by atoms with Gasteiger partial charge in [-0.3, -0.25) is 0 Å². The van der Waals surface area contributed by atoms with Crippen LogP contribution in [0.2, 0.25) is 0 Å². The molecule has 0 bridgehead atoms. The molecular weight excluding hydrogens is 258 g/mol. The standard InChI is InChI=1S/C18H37N3/c1-4-19-15-18(10-7-5-6-8-11-18)16-21(3)14-17-9-12-20(2)13-17/h17,19H,4-16H2,1-3H3. The maximum Gasteiger partial charge on any atom is 0.00472 e. The largest absolute Gasteiger partial charge is 0.316 e. The molecule has 1 N–H and O–H groups in total. The van der Waals surface area contributed by atoms with Crippen LogP contribution in [0, 0.1) is 11.3 Å². The van der Waals surface area contributed by atoms with Crippen LogP contribution in [-0.4, -0.2) is 63.2 Å². The fourth-order valence-electron chi connectivity index (χ4n) is 4.51. The Morgan fingerprint density at radius 2 is 1.90 bits per heavy atom. The van der Waals surface area contributed by atoms with E-state index in [-0.39, 0.29) is 0 Å². The van der Waals surface area contributed by atoms with Gasteiger partial charge < -0.3 is 15.1 Å². The van der Waals surface area contributed by atoms with E-state index in [0.717, 1.165) is 12.5 Å². The summed E-state index contributed by atoms with van der Waals surface area (Å²) in [4.78, 5) is 5.13. The molecule has 0 aromatic heterocycles. The normalized spacial score (nSPS) is 27.1. The molecule has 1 saturated heterocycles. The fourth-order valence-corrected chi connectivity index (χ4v) is 4.51. The SMILES string of the molecule is CCNCC1(CN(C)CC2CCN(C)C2)CCCCCC1. The zero-order chi connectivity index (χ0) is 15.1. The lowest BCUT2D eigenvalue weighted by Crippen LogP contribution is -2.44. The van der Waals surface area contributed by atoms with Crippen LogP contribution < -0.4 is 5.32 Å². The second-order valence-electron chi connectivity index (χ2n) is 7.81. The van der Waals surface area contributed by atoms with Gasteiger partial charge in [-0.15, -0.1) is 0 Å². The Labute approximate surface area is 132 Å². The van der Waals surface area contributed by atoms with Crippen LogP contribution in [0.4, 0.5) is 0 Å². The van der Waals surface area contributed by atoms with Crippen molar-refractivity contribution in [1.82, 2.24) is 15.1 Å². The van der Waals surface area contributed by atoms with Crippen molar-refractivity contribution in [3.8, 4) is 0 Å². The molecule has 0 aromatic rings. The zero-order valence-electron chi connectivity index (χ0n) is 14.7. The molecule has 2 fully saturated rings. The predicted molar refractivity (Wildman–Crippen MR) is 91.8 cm³/mol.